The van der Waals surface area contributed by atoms with E-state index < -0.39 is 0 Å². The molecule has 1 aliphatic rings. The molecule has 1 aliphatic carbocycles. The van der Waals surface area contributed by atoms with Gasteiger partial charge in [0.05, 0.1) is 0 Å². The molecular weight excluding hydrogens is 188 g/mol. The Labute approximate surface area is 93.2 Å². The quantitative estimate of drug-likeness (QED) is 0.681. The predicted molar refractivity (Wildman–Crippen MR) is 62.8 cm³/mol. The molecule has 3 heteroatoms. The van der Waals surface area contributed by atoms with Crippen LogP contribution in [0.2, 0.25) is 0 Å². The van der Waals surface area contributed by atoms with Crippen LogP contribution in [0, 0.1) is 0 Å². The molecule has 3 nitrogen and oxygen atoms in total. The molecule has 0 radical (unpaired) electrons. The maximum absolute atomic E-state index is 11.7. The van der Waals surface area contributed by atoms with Crippen molar-refractivity contribution in [2.75, 3.05) is 13.6 Å². The van der Waals surface area contributed by atoms with Gasteiger partial charge in [0.1, 0.15) is 0 Å². The van der Waals surface area contributed by atoms with E-state index in [2.05, 4.69) is 19.2 Å². The first-order chi connectivity index (χ1) is 7.11. The zero-order valence-corrected chi connectivity index (χ0v) is 10.3. The van der Waals surface area contributed by atoms with Gasteiger partial charge in [-0.3, -0.25) is 4.79 Å². The van der Waals surface area contributed by atoms with Gasteiger partial charge < -0.3 is 10.2 Å². The Hall–Kier alpha value is -0.570. The lowest BCUT2D eigenvalue weighted by Crippen LogP contribution is -2.41. The summed E-state index contributed by atoms with van der Waals surface area (Å²) in [5, 5.41) is 3.33. The minimum absolute atomic E-state index is 0.310. The van der Waals surface area contributed by atoms with Crippen molar-refractivity contribution in [2.24, 2.45) is 0 Å². The number of amides is 1. The minimum atomic E-state index is 0.310. The minimum Gasteiger partial charge on any atom is -0.343 e. The van der Waals surface area contributed by atoms with E-state index in [0.717, 1.165) is 13.0 Å². The van der Waals surface area contributed by atoms with Gasteiger partial charge in [0.15, 0.2) is 0 Å². The van der Waals surface area contributed by atoms with Gasteiger partial charge in [0, 0.05) is 25.6 Å². The molecule has 1 fully saturated rings. The van der Waals surface area contributed by atoms with E-state index in [4.69, 9.17) is 0 Å². The van der Waals surface area contributed by atoms with Gasteiger partial charge >= 0.3 is 0 Å². The van der Waals surface area contributed by atoms with Gasteiger partial charge in [-0.1, -0.05) is 13.8 Å². The molecule has 0 spiro atoms. The normalized spacial score (nSPS) is 16.5. The smallest absolute Gasteiger partial charge is 0.222 e. The van der Waals surface area contributed by atoms with Gasteiger partial charge in [-0.05, 0) is 32.2 Å². The molecule has 1 amide bonds. The van der Waals surface area contributed by atoms with Gasteiger partial charge in [0.25, 0.3) is 0 Å². The van der Waals surface area contributed by atoms with E-state index in [1.54, 1.807) is 0 Å². The number of rotatable bonds is 6. The molecule has 0 aromatic heterocycles. The Morgan fingerprint density at radius 3 is 2.60 bits per heavy atom. The van der Waals surface area contributed by atoms with Crippen molar-refractivity contribution in [1.82, 2.24) is 10.2 Å². The summed E-state index contributed by atoms with van der Waals surface area (Å²) in [7, 11) is 1.95. The third kappa shape index (κ3) is 4.20. The van der Waals surface area contributed by atoms with Crippen molar-refractivity contribution in [2.45, 2.75) is 58.0 Å². The van der Waals surface area contributed by atoms with Gasteiger partial charge in [-0.2, -0.15) is 0 Å². The van der Waals surface area contributed by atoms with E-state index in [9.17, 15) is 4.79 Å². The summed E-state index contributed by atoms with van der Waals surface area (Å²) < 4.78 is 0. The molecule has 1 rings (SSSR count). The lowest BCUT2D eigenvalue weighted by molar-refractivity contribution is -0.133. The summed E-state index contributed by atoms with van der Waals surface area (Å²) in [6.45, 7) is 5.20. The molecule has 1 saturated carbocycles. The zero-order valence-electron chi connectivity index (χ0n) is 10.3. The average molecular weight is 212 g/mol. The van der Waals surface area contributed by atoms with Crippen molar-refractivity contribution in [3.05, 3.63) is 0 Å². The first-order valence-electron chi connectivity index (χ1n) is 6.10. The molecule has 0 aromatic carbocycles. The van der Waals surface area contributed by atoms with Crippen LogP contribution in [0.5, 0.6) is 0 Å². The highest BCUT2D eigenvalue weighted by atomic mass is 16.2. The number of nitrogens with one attached hydrogen (secondary N) is 1. The fourth-order valence-corrected chi connectivity index (χ4v) is 1.78. The largest absolute Gasteiger partial charge is 0.343 e. The Balaban J connectivity index is 2.07. The predicted octanol–water partition coefficient (Wildman–Crippen LogP) is 1.78. The summed E-state index contributed by atoms with van der Waals surface area (Å²) in [5.41, 5.74) is 0. The first-order valence-corrected chi connectivity index (χ1v) is 6.10. The van der Waals surface area contributed by atoms with Gasteiger partial charge in [0.2, 0.25) is 5.91 Å². The Bertz CT molecular complexity index is 200. The molecule has 0 aliphatic heterocycles. The molecule has 0 saturated heterocycles. The topological polar surface area (TPSA) is 32.3 Å². The molecule has 0 bridgehead atoms. The van der Waals surface area contributed by atoms with Crippen LogP contribution >= 0.6 is 0 Å². The maximum atomic E-state index is 11.7. The number of hydrogen-bond acceptors (Lipinski definition) is 2. The molecular formula is C12H24N2O. The highest BCUT2D eigenvalue weighted by Crippen LogP contribution is 2.23. The van der Waals surface area contributed by atoms with Crippen LogP contribution < -0.4 is 5.32 Å². The fraction of sp³-hybridized carbons (Fsp3) is 0.917. The molecule has 1 N–H and O–H groups in total. The fourth-order valence-electron chi connectivity index (χ4n) is 1.78. The highest BCUT2D eigenvalue weighted by Gasteiger charge is 2.24. The summed E-state index contributed by atoms with van der Waals surface area (Å²) in [5.74, 6) is 0.310. The van der Waals surface area contributed by atoms with Crippen LogP contribution in [0.25, 0.3) is 0 Å². The number of nitrogens with zero attached hydrogens (tertiary/aromatic N) is 1. The molecule has 0 heterocycles. The van der Waals surface area contributed by atoms with Crippen molar-refractivity contribution < 1.29 is 4.79 Å². The van der Waals surface area contributed by atoms with E-state index in [1.165, 1.54) is 19.3 Å². The third-order valence-corrected chi connectivity index (χ3v) is 3.14. The second kappa shape index (κ2) is 6.11. The van der Waals surface area contributed by atoms with Crippen molar-refractivity contribution in [1.29, 1.82) is 0 Å². The van der Waals surface area contributed by atoms with Crippen LogP contribution in [-0.4, -0.2) is 36.5 Å². The maximum Gasteiger partial charge on any atom is 0.222 e. The van der Waals surface area contributed by atoms with Gasteiger partial charge in [-0.25, -0.2) is 0 Å². The Morgan fingerprint density at radius 2 is 2.13 bits per heavy atom. The second-order valence-corrected chi connectivity index (χ2v) is 4.80. The van der Waals surface area contributed by atoms with Crippen LogP contribution in [0.1, 0.15) is 46.0 Å². The summed E-state index contributed by atoms with van der Waals surface area (Å²) in [6.07, 6.45) is 5.33. The second-order valence-electron chi connectivity index (χ2n) is 4.80. The van der Waals surface area contributed by atoms with E-state index in [0.29, 0.717) is 24.4 Å². The highest BCUT2D eigenvalue weighted by molar-refractivity contribution is 5.76. The van der Waals surface area contributed by atoms with E-state index in [-0.39, 0.29) is 0 Å². The van der Waals surface area contributed by atoms with Gasteiger partial charge in [-0.15, -0.1) is 0 Å². The van der Waals surface area contributed by atoms with Crippen LogP contribution in [-0.2, 0) is 4.79 Å². The summed E-state index contributed by atoms with van der Waals surface area (Å²) >= 11 is 0. The van der Waals surface area contributed by atoms with Crippen molar-refractivity contribution in [3.63, 3.8) is 0 Å². The molecule has 0 aromatic rings. The number of carbonyl (C=O) groups excluding carboxylic acids is 1. The SMILES string of the molecule is CC(C)NCCCC(=O)N(C)C1CCC1. The molecule has 15 heavy (non-hydrogen) atoms. The lowest BCUT2D eigenvalue weighted by atomic mass is 9.91. The van der Waals surface area contributed by atoms with Crippen molar-refractivity contribution >= 4 is 5.91 Å². The number of carbonyl (C=O) groups is 1. The Morgan fingerprint density at radius 1 is 1.47 bits per heavy atom. The zero-order chi connectivity index (χ0) is 11.3. The Kier molecular flexibility index (Phi) is 5.09. The first kappa shape index (κ1) is 12.5. The molecule has 0 unspecified atom stereocenters. The summed E-state index contributed by atoms with van der Waals surface area (Å²) in [4.78, 5) is 13.7. The van der Waals surface area contributed by atoms with Crippen LogP contribution in [0.3, 0.4) is 0 Å². The van der Waals surface area contributed by atoms with E-state index in [1.807, 2.05) is 11.9 Å². The van der Waals surface area contributed by atoms with E-state index >= 15 is 0 Å². The standard InChI is InChI=1S/C12H24N2O/c1-10(2)13-9-5-8-12(15)14(3)11-6-4-7-11/h10-11,13H,4-9H2,1-3H3. The van der Waals surface area contributed by atoms with Crippen molar-refractivity contribution in [3.8, 4) is 0 Å². The lowest BCUT2D eigenvalue weighted by Gasteiger charge is -2.34. The number of hydrogen-bond donors (Lipinski definition) is 1. The summed E-state index contributed by atoms with van der Waals surface area (Å²) in [6, 6.07) is 1.06. The molecule has 0 atom stereocenters. The van der Waals surface area contributed by atoms with Crippen LogP contribution in [0.15, 0.2) is 0 Å². The average Bonchev–Trinajstić information content (AvgIpc) is 2.08. The van der Waals surface area contributed by atoms with Crippen LogP contribution in [0.4, 0.5) is 0 Å². The monoisotopic (exact) mass is 212 g/mol. The molecule has 88 valence electrons. The third-order valence-electron chi connectivity index (χ3n) is 3.14.